The third-order valence-corrected chi connectivity index (χ3v) is 3.33. The summed E-state index contributed by atoms with van der Waals surface area (Å²) >= 11 is 0. The van der Waals surface area contributed by atoms with Crippen LogP contribution in [0.3, 0.4) is 0 Å². The van der Waals surface area contributed by atoms with Gasteiger partial charge >= 0.3 is 0 Å². The van der Waals surface area contributed by atoms with E-state index < -0.39 is 0 Å². The first kappa shape index (κ1) is 11.4. The number of rotatable bonds is 6. The van der Waals surface area contributed by atoms with Crippen LogP contribution in [-0.2, 0) is 0 Å². The van der Waals surface area contributed by atoms with Crippen molar-refractivity contribution in [2.75, 3.05) is 13.1 Å². The van der Waals surface area contributed by atoms with E-state index in [0.717, 1.165) is 12.5 Å². The van der Waals surface area contributed by atoms with E-state index in [1.54, 1.807) is 0 Å². The molecule has 1 aliphatic rings. The number of hydrogen-bond donors (Lipinski definition) is 1. The fourth-order valence-corrected chi connectivity index (χ4v) is 2.03. The molecule has 1 heteroatoms. The van der Waals surface area contributed by atoms with Gasteiger partial charge in [0.05, 0.1) is 0 Å². The van der Waals surface area contributed by atoms with Crippen molar-refractivity contribution in [2.45, 2.75) is 25.7 Å². The van der Waals surface area contributed by atoms with Gasteiger partial charge in [0.1, 0.15) is 0 Å². The molecule has 0 aliphatic heterocycles. The molecule has 0 radical (unpaired) electrons. The lowest BCUT2D eigenvalue weighted by Gasteiger charge is -2.24. The third kappa shape index (κ3) is 3.82. The standard InChI is InChI=1S/C15H21N/c1-2-6-14(7-3-1)10-5-12-16-13-11-15-8-4-9-15/h1-3,5-7,10,15-16H,4,8-9,11-13H2/b10-5+. The average molecular weight is 215 g/mol. The van der Waals surface area contributed by atoms with Crippen LogP contribution in [0.15, 0.2) is 36.4 Å². The normalized spacial score (nSPS) is 16.5. The topological polar surface area (TPSA) is 12.0 Å². The fraction of sp³-hybridized carbons (Fsp3) is 0.467. The summed E-state index contributed by atoms with van der Waals surface area (Å²) in [5, 5.41) is 3.47. The highest BCUT2D eigenvalue weighted by atomic mass is 14.8. The van der Waals surface area contributed by atoms with E-state index in [2.05, 4.69) is 41.7 Å². The van der Waals surface area contributed by atoms with Crippen molar-refractivity contribution in [3.63, 3.8) is 0 Å². The van der Waals surface area contributed by atoms with Crippen molar-refractivity contribution in [1.82, 2.24) is 5.32 Å². The minimum absolute atomic E-state index is 0.988. The number of benzene rings is 1. The van der Waals surface area contributed by atoms with Crippen LogP contribution in [0.4, 0.5) is 0 Å². The van der Waals surface area contributed by atoms with Crippen molar-refractivity contribution in [3.05, 3.63) is 42.0 Å². The predicted octanol–water partition coefficient (Wildman–Crippen LogP) is 3.48. The summed E-state index contributed by atoms with van der Waals surface area (Å²) in [4.78, 5) is 0. The molecular formula is C15H21N. The van der Waals surface area contributed by atoms with E-state index in [-0.39, 0.29) is 0 Å². The van der Waals surface area contributed by atoms with Gasteiger partial charge in [0.2, 0.25) is 0 Å². The Bertz CT molecular complexity index is 311. The number of hydrogen-bond acceptors (Lipinski definition) is 1. The second-order valence-electron chi connectivity index (χ2n) is 4.60. The molecule has 0 aromatic heterocycles. The molecule has 0 spiro atoms. The molecule has 0 heterocycles. The molecule has 0 amide bonds. The molecule has 2 rings (SSSR count). The molecule has 86 valence electrons. The molecular weight excluding hydrogens is 194 g/mol. The van der Waals surface area contributed by atoms with E-state index >= 15 is 0 Å². The Morgan fingerprint density at radius 3 is 2.69 bits per heavy atom. The molecule has 0 bridgehead atoms. The van der Waals surface area contributed by atoms with Crippen molar-refractivity contribution in [2.24, 2.45) is 5.92 Å². The summed E-state index contributed by atoms with van der Waals surface area (Å²) in [5.74, 6) is 1.02. The van der Waals surface area contributed by atoms with Crippen molar-refractivity contribution in [3.8, 4) is 0 Å². The van der Waals surface area contributed by atoms with Crippen LogP contribution in [-0.4, -0.2) is 13.1 Å². The molecule has 16 heavy (non-hydrogen) atoms. The zero-order valence-electron chi connectivity index (χ0n) is 9.86. The fourth-order valence-electron chi connectivity index (χ4n) is 2.03. The highest BCUT2D eigenvalue weighted by Crippen LogP contribution is 2.28. The molecule has 1 fully saturated rings. The molecule has 1 saturated carbocycles. The summed E-state index contributed by atoms with van der Waals surface area (Å²) < 4.78 is 0. The Morgan fingerprint density at radius 1 is 1.19 bits per heavy atom. The minimum atomic E-state index is 0.988. The van der Waals surface area contributed by atoms with Crippen LogP contribution < -0.4 is 5.32 Å². The zero-order valence-corrected chi connectivity index (χ0v) is 9.86. The van der Waals surface area contributed by atoms with Crippen molar-refractivity contribution in [1.29, 1.82) is 0 Å². The Balaban J connectivity index is 1.55. The van der Waals surface area contributed by atoms with Gasteiger partial charge in [-0.3, -0.25) is 0 Å². The van der Waals surface area contributed by atoms with Crippen LogP contribution in [0, 0.1) is 5.92 Å². The van der Waals surface area contributed by atoms with E-state index in [9.17, 15) is 0 Å². The maximum atomic E-state index is 3.47. The lowest BCUT2D eigenvalue weighted by atomic mass is 9.83. The molecule has 0 unspecified atom stereocenters. The Labute approximate surface area is 98.6 Å². The molecule has 1 nitrogen and oxygen atoms in total. The summed E-state index contributed by atoms with van der Waals surface area (Å²) in [5.41, 5.74) is 1.28. The van der Waals surface area contributed by atoms with Crippen LogP contribution in [0.5, 0.6) is 0 Å². The van der Waals surface area contributed by atoms with Gasteiger partial charge in [-0.25, -0.2) is 0 Å². The maximum Gasteiger partial charge on any atom is 0.0138 e. The van der Waals surface area contributed by atoms with Gasteiger partial charge in [-0.2, -0.15) is 0 Å². The monoisotopic (exact) mass is 215 g/mol. The van der Waals surface area contributed by atoms with Crippen LogP contribution in [0.1, 0.15) is 31.2 Å². The Hall–Kier alpha value is -1.08. The smallest absolute Gasteiger partial charge is 0.0138 e. The van der Waals surface area contributed by atoms with Gasteiger partial charge < -0.3 is 5.32 Å². The highest BCUT2D eigenvalue weighted by molar-refractivity contribution is 5.48. The lowest BCUT2D eigenvalue weighted by molar-refractivity contribution is 0.293. The second kappa shape index (κ2) is 6.49. The summed E-state index contributed by atoms with van der Waals surface area (Å²) in [6.45, 7) is 2.16. The van der Waals surface area contributed by atoms with Gasteiger partial charge in [0.25, 0.3) is 0 Å². The maximum absolute atomic E-state index is 3.47. The minimum Gasteiger partial charge on any atom is -0.313 e. The van der Waals surface area contributed by atoms with Crippen molar-refractivity contribution < 1.29 is 0 Å². The van der Waals surface area contributed by atoms with E-state index in [0.29, 0.717) is 0 Å². The lowest BCUT2D eigenvalue weighted by Crippen LogP contribution is -2.21. The quantitative estimate of drug-likeness (QED) is 0.716. The van der Waals surface area contributed by atoms with Gasteiger partial charge in [-0.1, -0.05) is 61.7 Å². The molecule has 0 saturated heterocycles. The number of nitrogens with one attached hydrogen (secondary N) is 1. The van der Waals surface area contributed by atoms with Crippen LogP contribution >= 0.6 is 0 Å². The second-order valence-corrected chi connectivity index (χ2v) is 4.60. The molecule has 1 aliphatic carbocycles. The van der Waals surface area contributed by atoms with E-state index in [1.165, 1.54) is 37.8 Å². The molecule has 0 atom stereocenters. The first-order valence-electron chi connectivity index (χ1n) is 6.37. The summed E-state index contributed by atoms with van der Waals surface area (Å²) in [7, 11) is 0. The highest BCUT2D eigenvalue weighted by Gasteiger charge is 2.15. The third-order valence-electron chi connectivity index (χ3n) is 3.33. The SMILES string of the molecule is C(=C\c1ccccc1)/CNCCC1CCC1. The summed E-state index contributed by atoms with van der Waals surface area (Å²) in [6.07, 6.45) is 10.1. The largest absolute Gasteiger partial charge is 0.313 e. The van der Waals surface area contributed by atoms with Crippen LogP contribution in [0.2, 0.25) is 0 Å². The molecule has 1 aromatic carbocycles. The van der Waals surface area contributed by atoms with Crippen molar-refractivity contribution >= 4 is 6.08 Å². The zero-order chi connectivity index (χ0) is 11.1. The van der Waals surface area contributed by atoms with Gasteiger partial charge in [0, 0.05) is 6.54 Å². The van der Waals surface area contributed by atoms with E-state index in [1.807, 2.05) is 6.07 Å². The molecule has 1 aromatic rings. The van der Waals surface area contributed by atoms with Gasteiger partial charge in [-0.05, 0) is 24.4 Å². The van der Waals surface area contributed by atoms with Gasteiger partial charge in [0.15, 0.2) is 0 Å². The first-order valence-corrected chi connectivity index (χ1v) is 6.37. The Kier molecular flexibility index (Phi) is 4.63. The van der Waals surface area contributed by atoms with Crippen LogP contribution in [0.25, 0.3) is 6.08 Å². The molecule has 1 N–H and O–H groups in total. The Morgan fingerprint density at radius 2 is 2.00 bits per heavy atom. The first-order chi connectivity index (χ1) is 7.95. The van der Waals surface area contributed by atoms with Gasteiger partial charge in [-0.15, -0.1) is 0 Å². The average Bonchev–Trinajstić information content (AvgIpc) is 2.27. The summed E-state index contributed by atoms with van der Waals surface area (Å²) in [6, 6.07) is 10.5. The van der Waals surface area contributed by atoms with E-state index in [4.69, 9.17) is 0 Å². The predicted molar refractivity (Wildman–Crippen MR) is 70.3 cm³/mol.